The van der Waals surface area contributed by atoms with E-state index in [0.717, 1.165) is 18.2 Å². The van der Waals surface area contributed by atoms with Gasteiger partial charge in [-0.25, -0.2) is 9.48 Å². The molecule has 0 unspecified atom stereocenters. The lowest BCUT2D eigenvalue weighted by atomic mass is 10.1. The lowest BCUT2D eigenvalue weighted by Crippen LogP contribution is -2.31. The van der Waals surface area contributed by atoms with E-state index in [1.54, 1.807) is 0 Å². The molecule has 8 nitrogen and oxygen atoms in total. The second kappa shape index (κ2) is 10.3. The molecular weight excluding hydrogens is 498 g/mol. The summed E-state index contributed by atoms with van der Waals surface area (Å²) >= 11 is 0. The first-order valence-corrected chi connectivity index (χ1v) is 10.2. The van der Waals surface area contributed by atoms with Crippen LogP contribution < -0.4 is 10.1 Å². The molecule has 0 saturated carbocycles. The second-order valence-electron chi connectivity index (χ2n) is 7.50. The average Bonchev–Trinajstić information content (AvgIpc) is 3.23. The summed E-state index contributed by atoms with van der Waals surface area (Å²) in [5, 5.41) is 17.8. The number of carbonyl (C=O) groups excluding carboxylic acids is 1. The number of hydrogen-bond acceptors (Lipinski definition) is 5. The highest BCUT2D eigenvalue weighted by Gasteiger charge is 2.41. The minimum atomic E-state index is -5.01. The molecule has 14 heteroatoms. The number of carboxylic acid groups (broad SMARTS) is 1. The SMILES string of the molecule is C[C@H](NC(=O)c1c(C(F)(F)F)nnn1CCOc1cccc(C(F)(F)F)c1)c1ccc(C(=O)O)cc1. The Morgan fingerprint density at radius 3 is 2.31 bits per heavy atom. The largest absolute Gasteiger partial charge is 0.492 e. The van der Waals surface area contributed by atoms with Gasteiger partial charge in [0.25, 0.3) is 5.91 Å². The van der Waals surface area contributed by atoms with Gasteiger partial charge in [0.05, 0.1) is 23.7 Å². The Kier molecular flexibility index (Phi) is 7.55. The number of ether oxygens (including phenoxy) is 1. The van der Waals surface area contributed by atoms with Crippen LogP contribution in [0.3, 0.4) is 0 Å². The van der Waals surface area contributed by atoms with Crippen LogP contribution in [0.5, 0.6) is 5.75 Å². The maximum Gasteiger partial charge on any atom is 0.437 e. The summed E-state index contributed by atoms with van der Waals surface area (Å²) in [7, 11) is 0. The number of halogens is 6. The van der Waals surface area contributed by atoms with E-state index in [1.807, 2.05) is 0 Å². The predicted octanol–water partition coefficient (Wildman–Crippen LogP) is 4.58. The Hall–Kier alpha value is -4.10. The van der Waals surface area contributed by atoms with Crippen molar-refractivity contribution in [3.63, 3.8) is 0 Å². The Bertz CT molecular complexity index is 1240. The zero-order valence-electron chi connectivity index (χ0n) is 18.4. The van der Waals surface area contributed by atoms with E-state index in [2.05, 4.69) is 15.6 Å². The molecule has 0 aliphatic heterocycles. The van der Waals surface area contributed by atoms with Crippen LogP contribution in [-0.2, 0) is 18.9 Å². The quantitative estimate of drug-likeness (QED) is 0.425. The number of alkyl halides is 6. The van der Waals surface area contributed by atoms with Crippen LogP contribution in [-0.4, -0.2) is 38.6 Å². The number of amides is 1. The smallest absolute Gasteiger partial charge is 0.437 e. The second-order valence-corrected chi connectivity index (χ2v) is 7.50. The fraction of sp³-hybridized carbons (Fsp3) is 0.273. The van der Waals surface area contributed by atoms with Gasteiger partial charge in [-0.2, -0.15) is 26.3 Å². The number of carbonyl (C=O) groups is 2. The summed E-state index contributed by atoms with van der Waals surface area (Å²) in [5.41, 5.74) is -3.02. The van der Waals surface area contributed by atoms with Crippen molar-refractivity contribution >= 4 is 11.9 Å². The minimum Gasteiger partial charge on any atom is -0.492 e. The maximum absolute atomic E-state index is 13.5. The highest BCUT2D eigenvalue weighted by Crippen LogP contribution is 2.32. The molecule has 0 saturated heterocycles. The van der Waals surface area contributed by atoms with Gasteiger partial charge in [-0.05, 0) is 42.8 Å². The van der Waals surface area contributed by atoms with Crippen molar-refractivity contribution in [1.82, 2.24) is 20.3 Å². The lowest BCUT2D eigenvalue weighted by Gasteiger charge is -2.16. The van der Waals surface area contributed by atoms with E-state index >= 15 is 0 Å². The number of nitrogens with zero attached hydrogens (tertiary/aromatic N) is 3. The number of nitrogens with one attached hydrogen (secondary N) is 1. The monoisotopic (exact) mass is 516 g/mol. The minimum absolute atomic E-state index is 0.0142. The first kappa shape index (κ1) is 26.5. The van der Waals surface area contributed by atoms with Gasteiger partial charge in [-0.1, -0.05) is 23.4 Å². The summed E-state index contributed by atoms with van der Waals surface area (Å²) in [6.45, 7) is 0.643. The Balaban J connectivity index is 1.76. The van der Waals surface area contributed by atoms with Gasteiger partial charge >= 0.3 is 18.3 Å². The van der Waals surface area contributed by atoms with E-state index < -0.39 is 60.4 Å². The normalized spacial score (nSPS) is 12.8. The number of benzene rings is 2. The third kappa shape index (κ3) is 6.31. The van der Waals surface area contributed by atoms with Crippen molar-refractivity contribution < 1.29 is 45.8 Å². The molecule has 2 aromatic carbocycles. The molecule has 3 rings (SSSR count). The number of carboxylic acids is 1. The average molecular weight is 516 g/mol. The number of rotatable bonds is 8. The van der Waals surface area contributed by atoms with E-state index in [0.29, 0.717) is 10.2 Å². The molecule has 1 aromatic heterocycles. The van der Waals surface area contributed by atoms with Gasteiger partial charge in [0.2, 0.25) is 0 Å². The van der Waals surface area contributed by atoms with Crippen molar-refractivity contribution in [2.24, 2.45) is 0 Å². The molecule has 2 N–H and O–H groups in total. The molecule has 0 aliphatic carbocycles. The molecule has 0 radical (unpaired) electrons. The molecule has 1 heterocycles. The third-order valence-corrected chi connectivity index (χ3v) is 4.96. The van der Waals surface area contributed by atoms with Crippen LogP contribution in [0.15, 0.2) is 48.5 Å². The van der Waals surface area contributed by atoms with E-state index in [-0.39, 0.29) is 11.3 Å². The molecular formula is C22H18F6N4O4. The van der Waals surface area contributed by atoms with Crippen LogP contribution in [0.25, 0.3) is 0 Å². The Morgan fingerprint density at radius 1 is 1.06 bits per heavy atom. The maximum atomic E-state index is 13.5. The zero-order valence-corrected chi connectivity index (χ0v) is 18.4. The first-order valence-electron chi connectivity index (χ1n) is 10.2. The van der Waals surface area contributed by atoms with Crippen molar-refractivity contribution in [3.05, 3.63) is 76.6 Å². The number of hydrogen-bond donors (Lipinski definition) is 2. The first-order chi connectivity index (χ1) is 16.8. The molecule has 1 amide bonds. The van der Waals surface area contributed by atoms with E-state index in [1.165, 1.54) is 37.3 Å². The molecule has 0 bridgehead atoms. The summed E-state index contributed by atoms with van der Waals surface area (Å²) in [6.07, 6.45) is -9.62. The van der Waals surface area contributed by atoms with Crippen molar-refractivity contribution in [1.29, 1.82) is 0 Å². The van der Waals surface area contributed by atoms with Gasteiger partial charge in [-0.3, -0.25) is 4.79 Å². The van der Waals surface area contributed by atoms with Gasteiger partial charge in [0.1, 0.15) is 12.4 Å². The fourth-order valence-electron chi connectivity index (χ4n) is 3.16. The molecule has 192 valence electrons. The predicted molar refractivity (Wildman–Crippen MR) is 111 cm³/mol. The van der Waals surface area contributed by atoms with Gasteiger partial charge in [0, 0.05) is 0 Å². The van der Waals surface area contributed by atoms with Crippen molar-refractivity contribution in [3.8, 4) is 5.75 Å². The summed E-state index contributed by atoms with van der Waals surface area (Å²) in [4.78, 5) is 23.7. The van der Waals surface area contributed by atoms with E-state index in [4.69, 9.17) is 9.84 Å². The third-order valence-electron chi connectivity index (χ3n) is 4.96. The fourth-order valence-corrected chi connectivity index (χ4v) is 3.16. The Labute approximate surface area is 199 Å². The molecule has 3 aromatic rings. The molecule has 0 spiro atoms. The van der Waals surface area contributed by atoms with Gasteiger partial charge in [-0.15, -0.1) is 5.10 Å². The molecule has 1 atom stereocenters. The standard InChI is InChI=1S/C22H18F6N4O4/c1-12(13-5-7-14(8-6-13)20(34)35)29-19(33)17-18(22(26,27)28)30-31-32(17)9-10-36-16-4-2-3-15(11-16)21(23,24)25/h2-8,11-12H,9-10H2,1H3,(H,29,33)(H,34,35)/t12-/m0/s1. The highest BCUT2D eigenvalue weighted by molar-refractivity contribution is 5.94. The van der Waals surface area contributed by atoms with Gasteiger partial charge < -0.3 is 15.2 Å². The topological polar surface area (TPSA) is 106 Å². The molecule has 0 fully saturated rings. The van der Waals surface area contributed by atoms with E-state index in [9.17, 15) is 35.9 Å². The van der Waals surface area contributed by atoms with Crippen molar-refractivity contribution in [2.75, 3.05) is 6.61 Å². The summed E-state index contributed by atoms with van der Waals surface area (Å²) < 4.78 is 84.7. The van der Waals surface area contributed by atoms with Crippen LogP contribution in [0, 0.1) is 0 Å². The van der Waals surface area contributed by atoms with Gasteiger partial charge in [0.15, 0.2) is 11.4 Å². The van der Waals surface area contributed by atoms with Crippen molar-refractivity contribution in [2.45, 2.75) is 31.9 Å². The highest BCUT2D eigenvalue weighted by atomic mass is 19.4. The summed E-state index contributed by atoms with van der Waals surface area (Å²) in [5.74, 6) is -2.51. The van der Waals surface area contributed by atoms with Crippen LogP contribution >= 0.6 is 0 Å². The van der Waals surface area contributed by atoms with Crippen LogP contribution in [0.2, 0.25) is 0 Å². The number of aromatic carboxylic acids is 1. The molecule has 36 heavy (non-hydrogen) atoms. The van der Waals surface area contributed by atoms with Crippen LogP contribution in [0.4, 0.5) is 26.3 Å². The Morgan fingerprint density at radius 2 is 1.72 bits per heavy atom. The zero-order chi connectivity index (χ0) is 26.7. The molecule has 0 aliphatic rings. The lowest BCUT2D eigenvalue weighted by molar-refractivity contribution is -0.141. The number of aromatic nitrogens is 3. The summed E-state index contributed by atoms with van der Waals surface area (Å²) in [6, 6.07) is 8.45. The van der Waals surface area contributed by atoms with Crippen LogP contribution in [0.1, 0.15) is 50.6 Å².